The van der Waals surface area contributed by atoms with E-state index in [1.807, 2.05) is 25.1 Å². The molecule has 0 fully saturated rings. The second-order valence-electron chi connectivity index (χ2n) is 3.21. The highest BCUT2D eigenvalue weighted by Crippen LogP contribution is 2.16. The molecule has 0 spiro atoms. The third kappa shape index (κ3) is 2.51. The monoisotopic (exact) mass is 176 g/mol. The highest BCUT2D eigenvalue weighted by molar-refractivity contribution is 5.66. The van der Waals surface area contributed by atoms with E-state index in [2.05, 4.69) is 13.0 Å². The van der Waals surface area contributed by atoms with Gasteiger partial charge >= 0.3 is 0 Å². The lowest BCUT2D eigenvalue weighted by molar-refractivity contribution is 1.14. The number of rotatable bonds is 2. The molecule has 2 heteroatoms. The van der Waals surface area contributed by atoms with Crippen LogP contribution in [-0.2, 0) is 6.42 Å². The molecule has 0 atom stereocenters. The smallest absolute Gasteiger partial charge is 0.0388 e. The largest absolute Gasteiger partial charge is 0.402 e. The van der Waals surface area contributed by atoms with Crippen LogP contribution in [0.2, 0.25) is 0 Å². The molecule has 4 N–H and O–H groups in total. The maximum absolute atomic E-state index is 5.79. The van der Waals surface area contributed by atoms with Crippen molar-refractivity contribution in [3.05, 3.63) is 35.0 Å². The Balaban J connectivity index is 3.11. The van der Waals surface area contributed by atoms with Gasteiger partial charge in [0, 0.05) is 11.4 Å². The summed E-state index contributed by atoms with van der Waals surface area (Å²) in [5.74, 6) is 0. The molecule has 2 nitrogen and oxygen atoms in total. The van der Waals surface area contributed by atoms with Gasteiger partial charge in [0.05, 0.1) is 0 Å². The highest BCUT2D eigenvalue weighted by Gasteiger charge is 1.97. The summed E-state index contributed by atoms with van der Waals surface area (Å²) in [6.45, 7) is 3.98. The van der Waals surface area contributed by atoms with Gasteiger partial charge in [-0.25, -0.2) is 0 Å². The van der Waals surface area contributed by atoms with Crippen molar-refractivity contribution in [2.75, 3.05) is 5.73 Å². The Kier molecular flexibility index (Phi) is 2.96. The van der Waals surface area contributed by atoms with Crippen LogP contribution in [0, 0.1) is 0 Å². The molecule has 70 valence electrons. The zero-order chi connectivity index (χ0) is 9.84. The van der Waals surface area contributed by atoms with Crippen molar-refractivity contribution in [1.29, 1.82) is 0 Å². The molecule has 0 saturated carbocycles. The molecule has 0 aliphatic heterocycles. The average molecular weight is 176 g/mol. The number of allylic oxidation sites excluding steroid dienone is 1. The molecule has 13 heavy (non-hydrogen) atoms. The molecule has 0 amide bonds. The molecule has 0 aliphatic rings. The van der Waals surface area contributed by atoms with Gasteiger partial charge in [0.25, 0.3) is 0 Å². The maximum Gasteiger partial charge on any atom is 0.0388 e. The van der Waals surface area contributed by atoms with E-state index in [0.29, 0.717) is 0 Å². The summed E-state index contributed by atoms with van der Waals surface area (Å²) in [6.07, 6.45) is 2.92. The summed E-state index contributed by atoms with van der Waals surface area (Å²) < 4.78 is 0. The number of anilines is 1. The minimum atomic E-state index is 0.778. The van der Waals surface area contributed by atoms with Gasteiger partial charge in [-0.05, 0) is 42.7 Å². The zero-order valence-corrected chi connectivity index (χ0v) is 8.17. The Morgan fingerprint density at radius 1 is 1.46 bits per heavy atom. The van der Waals surface area contributed by atoms with Gasteiger partial charge in [0.2, 0.25) is 0 Å². The fourth-order valence-electron chi connectivity index (χ4n) is 1.21. The number of hydrogen-bond acceptors (Lipinski definition) is 2. The quantitative estimate of drug-likeness (QED) is 0.678. The predicted octanol–water partition coefficient (Wildman–Crippen LogP) is 2.15. The van der Waals surface area contributed by atoms with Crippen LogP contribution in [-0.4, -0.2) is 0 Å². The fourth-order valence-corrected chi connectivity index (χ4v) is 1.21. The number of hydrogen-bond donors (Lipinski definition) is 2. The van der Waals surface area contributed by atoms with Gasteiger partial charge in [-0.1, -0.05) is 13.0 Å². The van der Waals surface area contributed by atoms with Gasteiger partial charge in [0.15, 0.2) is 0 Å². The topological polar surface area (TPSA) is 52.0 Å². The lowest BCUT2D eigenvalue weighted by Gasteiger charge is -2.03. The van der Waals surface area contributed by atoms with Crippen LogP contribution in [0.4, 0.5) is 5.69 Å². The standard InChI is InChI=1S/C11H16N2/c1-3-9-4-5-11(13)10(7-9)6-8(2)12/h4-7H,3,12-13H2,1-2H3/b8-6-. The van der Waals surface area contributed by atoms with Gasteiger partial charge in [0.1, 0.15) is 0 Å². The van der Waals surface area contributed by atoms with Crippen molar-refractivity contribution in [1.82, 2.24) is 0 Å². The highest BCUT2D eigenvalue weighted by atomic mass is 14.6. The summed E-state index contributed by atoms with van der Waals surface area (Å²) in [6, 6.07) is 6.04. The van der Waals surface area contributed by atoms with Crippen LogP contribution in [0.5, 0.6) is 0 Å². The number of benzene rings is 1. The van der Waals surface area contributed by atoms with Crippen LogP contribution in [0.15, 0.2) is 23.9 Å². The van der Waals surface area contributed by atoms with Crippen LogP contribution in [0.1, 0.15) is 25.0 Å². The molecular weight excluding hydrogens is 160 g/mol. The Labute approximate surface area is 79.2 Å². The van der Waals surface area contributed by atoms with E-state index in [1.54, 1.807) is 0 Å². The predicted molar refractivity (Wildman–Crippen MR) is 58.1 cm³/mol. The Bertz CT molecular complexity index is 323. The minimum Gasteiger partial charge on any atom is -0.402 e. The first-order valence-corrected chi connectivity index (χ1v) is 4.45. The molecule has 0 unspecified atom stereocenters. The zero-order valence-electron chi connectivity index (χ0n) is 8.17. The molecule has 1 aromatic rings. The number of nitrogens with two attached hydrogens (primary N) is 2. The lowest BCUT2D eigenvalue weighted by atomic mass is 10.1. The summed E-state index contributed by atoms with van der Waals surface area (Å²) in [5, 5.41) is 0. The van der Waals surface area contributed by atoms with E-state index < -0.39 is 0 Å². The second-order valence-corrected chi connectivity index (χ2v) is 3.21. The van der Waals surface area contributed by atoms with Gasteiger partial charge in [-0.15, -0.1) is 0 Å². The first-order valence-electron chi connectivity index (χ1n) is 4.45. The molecule has 0 radical (unpaired) electrons. The van der Waals surface area contributed by atoms with Crippen molar-refractivity contribution in [3.63, 3.8) is 0 Å². The summed E-state index contributed by atoms with van der Waals surface area (Å²) in [7, 11) is 0. The van der Waals surface area contributed by atoms with Gasteiger partial charge < -0.3 is 11.5 Å². The van der Waals surface area contributed by atoms with E-state index in [1.165, 1.54) is 5.56 Å². The van der Waals surface area contributed by atoms with E-state index in [-0.39, 0.29) is 0 Å². The minimum absolute atomic E-state index is 0.778. The maximum atomic E-state index is 5.79. The average Bonchev–Trinajstić information content (AvgIpc) is 2.08. The van der Waals surface area contributed by atoms with Crippen LogP contribution >= 0.6 is 0 Å². The second kappa shape index (κ2) is 3.99. The van der Waals surface area contributed by atoms with Crippen molar-refractivity contribution in [3.8, 4) is 0 Å². The normalized spacial score (nSPS) is 11.7. The Morgan fingerprint density at radius 3 is 2.69 bits per heavy atom. The SMILES string of the molecule is CCc1ccc(N)c(/C=C(/C)N)c1. The lowest BCUT2D eigenvalue weighted by Crippen LogP contribution is -1.95. The first kappa shape index (κ1) is 9.65. The summed E-state index contributed by atoms with van der Waals surface area (Å²) >= 11 is 0. The molecule has 0 aromatic heterocycles. The van der Waals surface area contributed by atoms with Crippen molar-refractivity contribution in [2.45, 2.75) is 20.3 Å². The van der Waals surface area contributed by atoms with Crippen molar-refractivity contribution in [2.24, 2.45) is 5.73 Å². The van der Waals surface area contributed by atoms with Gasteiger partial charge in [-0.2, -0.15) is 0 Å². The molecule has 0 aliphatic carbocycles. The molecular formula is C11H16N2. The van der Waals surface area contributed by atoms with E-state index in [0.717, 1.165) is 23.4 Å². The number of nitrogen functional groups attached to an aromatic ring is 1. The van der Waals surface area contributed by atoms with Gasteiger partial charge in [-0.3, -0.25) is 0 Å². The molecule has 0 saturated heterocycles. The van der Waals surface area contributed by atoms with Crippen LogP contribution in [0.25, 0.3) is 6.08 Å². The Hall–Kier alpha value is -1.44. The first-order chi connectivity index (χ1) is 6.13. The Morgan fingerprint density at radius 2 is 2.15 bits per heavy atom. The molecule has 0 heterocycles. The third-order valence-electron chi connectivity index (χ3n) is 1.94. The fraction of sp³-hybridized carbons (Fsp3) is 0.273. The summed E-state index contributed by atoms with van der Waals surface area (Å²) in [4.78, 5) is 0. The third-order valence-corrected chi connectivity index (χ3v) is 1.94. The summed E-state index contributed by atoms with van der Waals surface area (Å²) in [5.41, 5.74) is 15.2. The molecule has 1 rings (SSSR count). The number of aryl methyl sites for hydroxylation is 1. The van der Waals surface area contributed by atoms with Crippen LogP contribution < -0.4 is 11.5 Å². The van der Waals surface area contributed by atoms with E-state index >= 15 is 0 Å². The van der Waals surface area contributed by atoms with E-state index in [9.17, 15) is 0 Å². The molecule has 1 aromatic carbocycles. The van der Waals surface area contributed by atoms with E-state index in [4.69, 9.17) is 11.5 Å². The van der Waals surface area contributed by atoms with Crippen molar-refractivity contribution < 1.29 is 0 Å². The van der Waals surface area contributed by atoms with Crippen molar-refractivity contribution >= 4 is 11.8 Å². The molecule has 0 bridgehead atoms. The van der Waals surface area contributed by atoms with Crippen LogP contribution in [0.3, 0.4) is 0 Å².